The number of carbonyl (C=O) groups is 1. The number of hydrogen-bond acceptors (Lipinski definition) is 6. The van der Waals surface area contributed by atoms with E-state index < -0.39 is 0 Å². The Morgan fingerprint density at radius 3 is 2.72 bits per heavy atom. The van der Waals surface area contributed by atoms with Gasteiger partial charge in [-0.25, -0.2) is 5.84 Å². The average Bonchev–Trinajstić information content (AvgIpc) is 2.77. The van der Waals surface area contributed by atoms with E-state index in [2.05, 4.69) is 16.5 Å². The maximum absolute atomic E-state index is 11.7. The van der Waals surface area contributed by atoms with Crippen LogP contribution < -0.4 is 20.7 Å². The number of amides is 1. The van der Waals surface area contributed by atoms with Crippen molar-refractivity contribution in [2.24, 2.45) is 5.84 Å². The summed E-state index contributed by atoms with van der Waals surface area (Å²) in [6, 6.07) is 16.4. The first-order chi connectivity index (χ1) is 14.0. The first kappa shape index (κ1) is 19.9. The molecule has 7 nitrogen and oxygen atoms in total. The fraction of sp³-hybridized carbons (Fsp3) is 0.136. The highest BCUT2D eigenvalue weighted by atomic mass is 16.5. The minimum Gasteiger partial charge on any atom is -0.495 e. The molecule has 29 heavy (non-hydrogen) atoms. The second-order valence-corrected chi connectivity index (χ2v) is 6.32. The minimum atomic E-state index is -0.331. The smallest absolute Gasteiger partial charge is 0.265 e. The van der Waals surface area contributed by atoms with E-state index in [1.807, 2.05) is 31.2 Å². The Balaban J connectivity index is 1.77. The Hall–Kier alpha value is -3.89. The second-order valence-electron chi connectivity index (χ2n) is 6.32. The van der Waals surface area contributed by atoms with Crippen LogP contribution in [-0.2, 0) is 6.61 Å². The Morgan fingerprint density at radius 2 is 2.03 bits per heavy atom. The maximum atomic E-state index is 11.7. The molecule has 0 saturated carbocycles. The number of aromatic nitrogens is 1. The summed E-state index contributed by atoms with van der Waals surface area (Å²) in [5.41, 5.74) is 6.50. The summed E-state index contributed by atoms with van der Waals surface area (Å²) in [4.78, 5) is 16.2. The molecule has 1 amide bonds. The van der Waals surface area contributed by atoms with E-state index in [4.69, 9.17) is 20.6 Å². The maximum Gasteiger partial charge on any atom is 0.265 e. The summed E-state index contributed by atoms with van der Waals surface area (Å²) in [7, 11) is 1.51. The van der Waals surface area contributed by atoms with E-state index in [1.165, 1.54) is 7.11 Å². The second kappa shape index (κ2) is 8.87. The number of methoxy groups -OCH3 is 1. The summed E-state index contributed by atoms with van der Waals surface area (Å²) in [5.74, 6) is 5.95. The molecule has 3 aromatic rings. The van der Waals surface area contributed by atoms with Crippen LogP contribution in [0.2, 0.25) is 0 Å². The molecule has 0 aliphatic rings. The Labute approximate surface area is 168 Å². The summed E-state index contributed by atoms with van der Waals surface area (Å²) in [6.45, 7) is 2.18. The molecule has 0 fully saturated rings. The van der Waals surface area contributed by atoms with E-state index in [9.17, 15) is 4.79 Å². The molecule has 2 aromatic carbocycles. The topological polar surface area (TPSA) is 110 Å². The van der Waals surface area contributed by atoms with Crippen molar-refractivity contribution in [3.63, 3.8) is 0 Å². The number of pyridine rings is 1. The molecule has 1 heterocycles. The quantitative estimate of drug-likeness (QED) is 0.381. The molecule has 3 rings (SSSR count). The van der Waals surface area contributed by atoms with Crippen molar-refractivity contribution in [1.82, 2.24) is 10.4 Å². The highest BCUT2D eigenvalue weighted by molar-refractivity contribution is 5.95. The van der Waals surface area contributed by atoms with Crippen molar-refractivity contribution in [2.45, 2.75) is 13.5 Å². The molecule has 0 unspecified atom stereocenters. The number of nitrogen functional groups attached to an aromatic ring is 1. The molecule has 0 aliphatic heterocycles. The number of carbonyl (C=O) groups excluding carboxylic acids is 1. The number of rotatable bonds is 6. The summed E-state index contributed by atoms with van der Waals surface area (Å²) < 4.78 is 11.0. The fourth-order valence-electron chi connectivity index (χ4n) is 2.90. The van der Waals surface area contributed by atoms with Crippen molar-refractivity contribution >= 4 is 5.91 Å². The zero-order valence-electron chi connectivity index (χ0n) is 16.1. The third-order valence-corrected chi connectivity index (χ3v) is 4.42. The van der Waals surface area contributed by atoms with Crippen LogP contribution in [0.15, 0.2) is 54.7 Å². The van der Waals surface area contributed by atoms with Crippen LogP contribution in [-0.4, -0.2) is 18.0 Å². The van der Waals surface area contributed by atoms with Gasteiger partial charge in [0.25, 0.3) is 5.91 Å². The first-order valence-electron chi connectivity index (χ1n) is 8.83. The van der Waals surface area contributed by atoms with E-state index in [0.29, 0.717) is 29.2 Å². The third kappa shape index (κ3) is 4.51. The molecule has 3 N–H and O–H groups in total. The molecule has 7 heteroatoms. The van der Waals surface area contributed by atoms with Crippen molar-refractivity contribution in [3.05, 3.63) is 77.0 Å². The number of hydrogen-bond donors (Lipinski definition) is 2. The lowest BCUT2D eigenvalue weighted by atomic mass is 10.0. The number of benzene rings is 2. The van der Waals surface area contributed by atoms with Crippen LogP contribution in [0.4, 0.5) is 0 Å². The van der Waals surface area contributed by atoms with Gasteiger partial charge in [-0.2, -0.15) is 5.26 Å². The Kier molecular flexibility index (Phi) is 6.07. The van der Waals surface area contributed by atoms with Gasteiger partial charge in [-0.15, -0.1) is 0 Å². The molecule has 0 bridgehead atoms. The lowest BCUT2D eigenvalue weighted by molar-refractivity contribution is 0.0953. The zero-order valence-corrected chi connectivity index (χ0v) is 16.1. The van der Waals surface area contributed by atoms with Crippen LogP contribution in [0, 0.1) is 18.3 Å². The number of nitriles is 1. The standard InChI is InChI=1S/C22H20N4O3/c1-14-9-16(4-6-19(14)22(27)26-24)20-10-15(7-8-25-20)13-29-18-5-3-17(12-23)21(11-18)28-2/h3-11H,13,24H2,1-2H3,(H,26,27). The molecular formula is C22H20N4O3. The summed E-state index contributed by atoms with van der Waals surface area (Å²) in [5, 5.41) is 9.06. The van der Waals surface area contributed by atoms with Crippen molar-refractivity contribution < 1.29 is 14.3 Å². The van der Waals surface area contributed by atoms with E-state index in [0.717, 1.165) is 22.4 Å². The number of nitrogens with one attached hydrogen (secondary N) is 1. The molecule has 0 aliphatic carbocycles. The largest absolute Gasteiger partial charge is 0.495 e. The van der Waals surface area contributed by atoms with Gasteiger partial charge in [0.2, 0.25) is 0 Å². The van der Waals surface area contributed by atoms with E-state index >= 15 is 0 Å². The van der Waals surface area contributed by atoms with Crippen molar-refractivity contribution in [3.8, 4) is 28.8 Å². The number of aryl methyl sites for hydroxylation is 1. The first-order valence-corrected chi connectivity index (χ1v) is 8.83. The number of nitrogens with two attached hydrogens (primary N) is 1. The van der Waals surface area contributed by atoms with Gasteiger partial charge in [-0.1, -0.05) is 6.07 Å². The lowest BCUT2D eigenvalue weighted by Crippen LogP contribution is -2.30. The highest BCUT2D eigenvalue weighted by Crippen LogP contribution is 2.25. The molecule has 0 radical (unpaired) electrons. The monoisotopic (exact) mass is 388 g/mol. The van der Waals surface area contributed by atoms with Crippen LogP contribution in [0.25, 0.3) is 11.3 Å². The summed E-state index contributed by atoms with van der Waals surface area (Å²) in [6.07, 6.45) is 1.71. The minimum absolute atomic E-state index is 0.331. The van der Waals surface area contributed by atoms with E-state index in [1.54, 1.807) is 30.5 Å². The molecule has 0 spiro atoms. The van der Waals surface area contributed by atoms with Gasteiger partial charge < -0.3 is 9.47 Å². The van der Waals surface area contributed by atoms with Crippen LogP contribution in [0.3, 0.4) is 0 Å². The SMILES string of the molecule is COc1cc(OCc2ccnc(-c3ccc(C(=O)NN)c(C)c3)c2)ccc1C#N. The normalized spacial score (nSPS) is 10.1. The predicted molar refractivity (Wildman–Crippen MR) is 108 cm³/mol. The van der Waals surface area contributed by atoms with Crippen LogP contribution >= 0.6 is 0 Å². The van der Waals surface area contributed by atoms with Gasteiger partial charge in [0.1, 0.15) is 24.2 Å². The Bertz CT molecular complexity index is 1090. The number of nitrogens with zero attached hydrogens (tertiary/aromatic N) is 2. The highest BCUT2D eigenvalue weighted by Gasteiger charge is 2.10. The van der Waals surface area contributed by atoms with Gasteiger partial charge >= 0.3 is 0 Å². The van der Waals surface area contributed by atoms with Crippen LogP contribution in [0.5, 0.6) is 11.5 Å². The molecule has 0 saturated heterocycles. The number of ether oxygens (including phenoxy) is 2. The van der Waals surface area contributed by atoms with Gasteiger partial charge in [-0.3, -0.25) is 15.2 Å². The molecule has 1 aromatic heterocycles. The fourth-order valence-corrected chi connectivity index (χ4v) is 2.90. The van der Waals surface area contributed by atoms with Gasteiger partial charge in [-0.05, 0) is 54.4 Å². The predicted octanol–water partition coefficient (Wildman–Crippen LogP) is 3.12. The van der Waals surface area contributed by atoms with Gasteiger partial charge in [0.05, 0.1) is 18.4 Å². The van der Waals surface area contributed by atoms with Gasteiger partial charge in [0.15, 0.2) is 0 Å². The van der Waals surface area contributed by atoms with Gasteiger partial charge in [0, 0.05) is 23.4 Å². The molecule has 146 valence electrons. The van der Waals surface area contributed by atoms with Crippen LogP contribution in [0.1, 0.15) is 27.0 Å². The van der Waals surface area contributed by atoms with Crippen molar-refractivity contribution in [2.75, 3.05) is 7.11 Å². The van der Waals surface area contributed by atoms with Crippen molar-refractivity contribution in [1.29, 1.82) is 5.26 Å². The molecular weight excluding hydrogens is 368 g/mol. The lowest BCUT2D eigenvalue weighted by Gasteiger charge is -2.10. The third-order valence-electron chi connectivity index (χ3n) is 4.42. The Morgan fingerprint density at radius 1 is 1.21 bits per heavy atom. The number of hydrazine groups is 1. The average molecular weight is 388 g/mol. The van der Waals surface area contributed by atoms with E-state index in [-0.39, 0.29) is 5.91 Å². The molecule has 0 atom stereocenters. The summed E-state index contributed by atoms with van der Waals surface area (Å²) >= 11 is 0. The zero-order chi connectivity index (χ0) is 20.8.